The second kappa shape index (κ2) is 6.47. The van der Waals surface area contributed by atoms with E-state index in [1.54, 1.807) is 12.4 Å². The predicted octanol–water partition coefficient (Wildman–Crippen LogP) is 3.12. The molecule has 0 amide bonds. The number of imidazole rings is 1. The molecule has 0 radical (unpaired) electrons. The van der Waals surface area contributed by atoms with E-state index in [1.807, 2.05) is 34.9 Å². The van der Waals surface area contributed by atoms with Crippen molar-refractivity contribution in [2.24, 2.45) is 5.92 Å². The molecule has 0 fully saturated rings. The Kier molecular flexibility index (Phi) is 4.00. The van der Waals surface area contributed by atoms with E-state index in [4.69, 9.17) is 10.4 Å². The second-order valence-corrected chi connectivity index (χ2v) is 6.45. The van der Waals surface area contributed by atoms with E-state index >= 15 is 0 Å². The van der Waals surface area contributed by atoms with Gasteiger partial charge in [-0.25, -0.2) is 9.61 Å². The molecular formula is C18H19N7O. The minimum absolute atomic E-state index is 0.199. The SMILES string of the molecule is CC(C)CNc1ccc(-n2c(-c3nonc3N)nc3cnccc32)cc1. The number of aromatic nitrogens is 5. The lowest BCUT2D eigenvalue weighted by Gasteiger charge is -2.11. The number of rotatable bonds is 5. The third-order valence-corrected chi connectivity index (χ3v) is 4.02. The van der Waals surface area contributed by atoms with E-state index in [0.29, 0.717) is 17.4 Å². The number of fused-ring (bicyclic) bond motifs is 1. The molecule has 0 atom stereocenters. The Bertz CT molecular complexity index is 1030. The molecule has 26 heavy (non-hydrogen) atoms. The first-order valence-electron chi connectivity index (χ1n) is 8.38. The van der Waals surface area contributed by atoms with Gasteiger partial charge in [0.1, 0.15) is 5.52 Å². The van der Waals surface area contributed by atoms with Crippen molar-refractivity contribution < 1.29 is 4.63 Å². The number of nitrogen functional groups attached to an aromatic ring is 1. The van der Waals surface area contributed by atoms with E-state index in [9.17, 15) is 0 Å². The Balaban J connectivity index is 1.81. The monoisotopic (exact) mass is 349 g/mol. The van der Waals surface area contributed by atoms with Crippen molar-refractivity contribution in [3.63, 3.8) is 0 Å². The van der Waals surface area contributed by atoms with Crippen molar-refractivity contribution in [3.8, 4) is 17.2 Å². The minimum atomic E-state index is 0.199. The fourth-order valence-electron chi connectivity index (χ4n) is 2.75. The van der Waals surface area contributed by atoms with Crippen molar-refractivity contribution in [1.29, 1.82) is 0 Å². The van der Waals surface area contributed by atoms with Crippen molar-refractivity contribution in [1.82, 2.24) is 24.8 Å². The average Bonchev–Trinajstić information content (AvgIpc) is 3.23. The van der Waals surface area contributed by atoms with Gasteiger partial charge in [0.2, 0.25) is 0 Å². The van der Waals surface area contributed by atoms with Crippen molar-refractivity contribution >= 4 is 22.5 Å². The summed E-state index contributed by atoms with van der Waals surface area (Å²) in [5.74, 6) is 1.34. The molecule has 3 N–H and O–H groups in total. The van der Waals surface area contributed by atoms with Gasteiger partial charge in [-0.05, 0) is 46.6 Å². The smallest absolute Gasteiger partial charge is 0.199 e. The van der Waals surface area contributed by atoms with Crippen LogP contribution in [0, 0.1) is 5.92 Å². The number of nitrogens with two attached hydrogens (primary N) is 1. The van der Waals surface area contributed by atoms with Crippen LogP contribution in [0.4, 0.5) is 11.5 Å². The summed E-state index contributed by atoms with van der Waals surface area (Å²) < 4.78 is 6.73. The largest absolute Gasteiger partial charge is 0.385 e. The molecule has 132 valence electrons. The van der Waals surface area contributed by atoms with Crippen LogP contribution in [0.5, 0.6) is 0 Å². The highest BCUT2D eigenvalue weighted by Gasteiger charge is 2.20. The molecule has 0 aliphatic carbocycles. The Hall–Kier alpha value is -3.42. The highest BCUT2D eigenvalue weighted by molar-refractivity contribution is 5.83. The van der Waals surface area contributed by atoms with Gasteiger partial charge in [0.15, 0.2) is 17.3 Å². The lowest BCUT2D eigenvalue weighted by molar-refractivity contribution is 0.310. The standard InChI is InChI=1S/C18H19N7O/c1-11(2)9-21-12-3-5-13(6-4-12)25-15-7-8-20-10-14(15)22-18(25)16-17(19)24-26-23-16/h3-8,10-11,21H,9H2,1-2H3,(H2,19,24). The fourth-order valence-corrected chi connectivity index (χ4v) is 2.75. The molecule has 1 aromatic carbocycles. The van der Waals surface area contributed by atoms with Crippen LogP contribution in [0.3, 0.4) is 0 Å². The van der Waals surface area contributed by atoms with Crippen LogP contribution in [-0.4, -0.2) is 31.4 Å². The minimum Gasteiger partial charge on any atom is -0.385 e. The highest BCUT2D eigenvalue weighted by atomic mass is 16.6. The Morgan fingerprint density at radius 3 is 2.65 bits per heavy atom. The van der Waals surface area contributed by atoms with E-state index < -0.39 is 0 Å². The van der Waals surface area contributed by atoms with Gasteiger partial charge in [-0.15, -0.1) is 0 Å². The Morgan fingerprint density at radius 2 is 1.96 bits per heavy atom. The van der Waals surface area contributed by atoms with E-state index in [2.05, 4.69) is 39.4 Å². The van der Waals surface area contributed by atoms with Crippen molar-refractivity contribution in [2.75, 3.05) is 17.6 Å². The van der Waals surface area contributed by atoms with Gasteiger partial charge >= 0.3 is 0 Å². The molecule has 4 rings (SSSR count). The Morgan fingerprint density at radius 1 is 1.15 bits per heavy atom. The number of nitrogens with zero attached hydrogens (tertiary/aromatic N) is 5. The number of anilines is 2. The number of pyridine rings is 1. The van der Waals surface area contributed by atoms with Crippen LogP contribution in [0.1, 0.15) is 13.8 Å². The van der Waals surface area contributed by atoms with Gasteiger partial charge in [-0.1, -0.05) is 13.8 Å². The number of nitrogens with one attached hydrogen (secondary N) is 1. The first-order chi connectivity index (χ1) is 12.6. The lowest BCUT2D eigenvalue weighted by Crippen LogP contribution is -2.08. The van der Waals surface area contributed by atoms with E-state index in [-0.39, 0.29) is 5.82 Å². The summed E-state index contributed by atoms with van der Waals surface area (Å²) >= 11 is 0. The third-order valence-electron chi connectivity index (χ3n) is 4.02. The second-order valence-electron chi connectivity index (χ2n) is 6.45. The fraction of sp³-hybridized carbons (Fsp3) is 0.222. The number of hydrogen-bond donors (Lipinski definition) is 2. The van der Waals surface area contributed by atoms with E-state index in [0.717, 1.165) is 29.0 Å². The average molecular weight is 349 g/mol. The molecule has 8 nitrogen and oxygen atoms in total. The van der Waals surface area contributed by atoms with Gasteiger partial charge in [0.25, 0.3) is 0 Å². The van der Waals surface area contributed by atoms with Gasteiger partial charge in [0, 0.05) is 24.1 Å². The molecule has 0 saturated heterocycles. The molecule has 8 heteroatoms. The zero-order valence-corrected chi connectivity index (χ0v) is 14.5. The van der Waals surface area contributed by atoms with Crippen LogP contribution >= 0.6 is 0 Å². The summed E-state index contributed by atoms with van der Waals surface area (Å²) in [5.41, 5.74) is 9.94. The van der Waals surface area contributed by atoms with Crippen LogP contribution in [-0.2, 0) is 0 Å². The molecule has 3 heterocycles. The van der Waals surface area contributed by atoms with Crippen LogP contribution < -0.4 is 11.1 Å². The first kappa shape index (κ1) is 16.1. The molecular weight excluding hydrogens is 330 g/mol. The quantitative estimate of drug-likeness (QED) is 0.570. The molecule has 4 aromatic rings. The molecule has 0 unspecified atom stereocenters. The summed E-state index contributed by atoms with van der Waals surface area (Å²) in [6, 6.07) is 10.0. The van der Waals surface area contributed by atoms with Gasteiger partial charge in [0.05, 0.1) is 11.7 Å². The van der Waals surface area contributed by atoms with Crippen molar-refractivity contribution in [3.05, 3.63) is 42.7 Å². The third kappa shape index (κ3) is 2.85. The summed E-state index contributed by atoms with van der Waals surface area (Å²) in [7, 11) is 0. The topological polar surface area (TPSA) is 108 Å². The molecule has 3 aromatic heterocycles. The number of benzene rings is 1. The van der Waals surface area contributed by atoms with Crippen LogP contribution in [0.25, 0.3) is 28.2 Å². The molecule has 0 saturated carbocycles. The van der Waals surface area contributed by atoms with E-state index in [1.165, 1.54) is 0 Å². The summed E-state index contributed by atoms with van der Waals surface area (Å²) in [6.45, 7) is 5.27. The number of hydrogen-bond acceptors (Lipinski definition) is 7. The molecule has 0 spiro atoms. The zero-order chi connectivity index (χ0) is 18.1. The first-order valence-corrected chi connectivity index (χ1v) is 8.38. The highest BCUT2D eigenvalue weighted by Crippen LogP contribution is 2.29. The lowest BCUT2D eigenvalue weighted by atomic mass is 10.2. The van der Waals surface area contributed by atoms with Gasteiger partial charge in [-0.3, -0.25) is 9.55 Å². The van der Waals surface area contributed by atoms with Gasteiger partial charge in [-0.2, -0.15) is 0 Å². The predicted molar refractivity (Wildman–Crippen MR) is 99.9 cm³/mol. The van der Waals surface area contributed by atoms with Crippen LogP contribution in [0.15, 0.2) is 47.4 Å². The Labute approximate surface area is 150 Å². The maximum atomic E-state index is 5.89. The zero-order valence-electron chi connectivity index (χ0n) is 14.5. The summed E-state index contributed by atoms with van der Waals surface area (Å²) in [4.78, 5) is 8.76. The van der Waals surface area contributed by atoms with Crippen molar-refractivity contribution in [2.45, 2.75) is 13.8 Å². The molecule has 0 aliphatic heterocycles. The molecule has 0 aliphatic rings. The molecule has 0 bridgehead atoms. The van der Waals surface area contributed by atoms with Crippen LogP contribution in [0.2, 0.25) is 0 Å². The van der Waals surface area contributed by atoms with Gasteiger partial charge < -0.3 is 11.1 Å². The summed E-state index contributed by atoms with van der Waals surface area (Å²) in [6.07, 6.45) is 3.44. The summed E-state index contributed by atoms with van der Waals surface area (Å²) in [5, 5.41) is 11.0. The maximum absolute atomic E-state index is 5.89. The normalized spacial score (nSPS) is 11.3. The maximum Gasteiger partial charge on any atom is 0.199 e.